The van der Waals surface area contributed by atoms with Crippen molar-refractivity contribution < 1.29 is 9.53 Å². The van der Waals surface area contributed by atoms with Crippen molar-refractivity contribution in [1.29, 1.82) is 0 Å². The molecule has 0 aliphatic heterocycles. The molecule has 1 amide bonds. The van der Waals surface area contributed by atoms with Crippen molar-refractivity contribution in [3.63, 3.8) is 0 Å². The summed E-state index contributed by atoms with van der Waals surface area (Å²) in [5, 5.41) is 2.51. The second-order valence-corrected chi connectivity index (χ2v) is 4.38. The molecule has 0 aromatic heterocycles. The average Bonchev–Trinajstić information content (AvgIpc) is 2.29. The quantitative estimate of drug-likeness (QED) is 0.658. The maximum atomic E-state index is 11.6. The van der Waals surface area contributed by atoms with E-state index in [-0.39, 0.29) is 11.3 Å². The monoisotopic (exact) mass is 249 g/mol. The van der Waals surface area contributed by atoms with Gasteiger partial charge in [-0.25, -0.2) is 0 Å². The Morgan fingerprint density at radius 2 is 2.41 bits per heavy atom. The maximum absolute atomic E-state index is 11.6. The molecule has 1 N–H and O–H groups in total. The zero-order chi connectivity index (χ0) is 12.7. The van der Waals surface area contributed by atoms with Crippen molar-refractivity contribution in [3.05, 3.63) is 24.3 Å². The highest BCUT2D eigenvalue weighted by molar-refractivity contribution is 8.13. The highest BCUT2D eigenvalue weighted by Gasteiger charge is 2.07. The van der Waals surface area contributed by atoms with Gasteiger partial charge in [0.15, 0.2) is 0 Å². The second-order valence-electron chi connectivity index (χ2n) is 3.33. The van der Waals surface area contributed by atoms with Crippen molar-refractivity contribution in [1.82, 2.24) is 5.32 Å². The number of carbonyl (C=O) groups excluding carboxylic acids is 1. The molecule has 90 valence electrons. The molecule has 0 bridgehead atoms. The molecule has 0 heterocycles. The van der Waals surface area contributed by atoms with Crippen LogP contribution in [0.5, 0.6) is 5.75 Å². The predicted molar refractivity (Wildman–Crippen MR) is 70.3 cm³/mol. The topological polar surface area (TPSA) is 38.3 Å². The van der Waals surface area contributed by atoms with Crippen molar-refractivity contribution >= 4 is 17.0 Å². The smallest absolute Gasteiger partial charge is 0.284 e. The summed E-state index contributed by atoms with van der Waals surface area (Å²) in [7, 11) is 0. The normalized spacial score (nSPS) is 11.4. The molecule has 1 aromatic rings. The van der Waals surface area contributed by atoms with Crippen LogP contribution in [0.3, 0.4) is 0 Å². The summed E-state index contributed by atoms with van der Waals surface area (Å²) >= 11 is 1.10. The molecule has 4 heteroatoms. The number of thioether (sulfide) groups is 1. The number of hydrogen-bond acceptors (Lipinski definition) is 3. The largest absolute Gasteiger partial charge is 0.494 e. The summed E-state index contributed by atoms with van der Waals surface area (Å²) in [6.45, 7) is 4.28. The lowest BCUT2D eigenvalue weighted by Crippen LogP contribution is -2.27. The van der Waals surface area contributed by atoms with Crippen LogP contribution in [0.15, 0.2) is 29.2 Å². The van der Waals surface area contributed by atoms with Gasteiger partial charge in [-0.1, -0.05) is 12.0 Å². The van der Waals surface area contributed by atoms with Crippen LogP contribution in [0, 0.1) is 12.3 Å². The van der Waals surface area contributed by atoms with E-state index in [0.29, 0.717) is 6.61 Å². The molecule has 0 aliphatic rings. The van der Waals surface area contributed by atoms with E-state index in [0.717, 1.165) is 22.4 Å². The number of ether oxygens (including phenoxy) is 1. The van der Waals surface area contributed by atoms with Crippen LogP contribution in [-0.4, -0.2) is 17.9 Å². The highest BCUT2D eigenvalue weighted by Crippen LogP contribution is 2.23. The molecule has 17 heavy (non-hydrogen) atoms. The van der Waals surface area contributed by atoms with Crippen LogP contribution >= 0.6 is 11.8 Å². The fourth-order valence-corrected chi connectivity index (χ4v) is 1.92. The third-order valence-corrected chi connectivity index (χ3v) is 2.70. The van der Waals surface area contributed by atoms with E-state index in [1.165, 1.54) is 0 Å². The Labute approximate surface area is 106 Å². The molecule has 0 spiro atoms. The SMILES string of the molecule is C#CC(C)NC(=O)Sc1cccc(OCC)c1. The third kappa shape index (κ3) is 4.83. The van der Waals surface area contributed by atoms with Gasteiger partial charge in [0.05, 0.1) is 12.6 Å². The van der Waals surface area contributed by atoms with Crippen LogP contribution in [0.4, 0.5) is 4.79 Å². The summed E-state index contributed by atoms with van der Waals surface area (Å²) in [5.74, 6) is 3.20. The lowest BCUT2D eigenvalue weighted by molar-refractivity contribution is 0.260. The molecular formula is C13H15NO2S. The van der Waals surface area contributed by atoms with Gasteiger partial charge >= 0.3 is 0 Å². The van der Waals surface area contributed by atoms with Crippen LogP contribution in [0.25, 0.3) is 0 Å². The van der Waals surface area contributed by atoms with Gasteiger partial charge in [-0.05, 0) is 43.8 Å². The summed E-state index contributed by atoms with van der Waals surface area (Å²) < 4.78 is 5.35. The first-order valence-corrected chi connectivity index (χ1v) is 6.14. The number of terminal acetylenes is 1. The molecule has 1 aromatic carbocycles. The average molecular weight is 249 g/mol. The van der Waals surface area contributed by atoms with Gasteiger partial charge in [0.2, 0.25) is 0 Å². The lowest BCUT2D eigenvalue weighted by atomic mass is 10.3. The minimum atomic E-state index is -0.259. The Bertz CT molecular complexity index is 426. The van der Waals surface area contributed by atoms with E-state index in [1.54, 1.807) is 6.92 Å². The first-order chi connectivity index (χ1) is 8.15. The van der Waals surface area contributed by atoms with Gasteiger partial charge in [0.1, 0.15) is 5.75 Å². The fraction of sp³-hybridized carbons (Fsp3) is 0.308. The molecule has 1 unspecified atom stereocenters. The van der Waals surface area contributed by atoms with E-state index in [1.807, 2.05) is 31.2 Å². The molecule has 0 aliphatic carbocycles. The number of carbonyl (C=O) groups is 1. The zero-order valence-corrected chi connectivity index (χ0v) is 10.7. The minimum Gasteiger partial charge on any atom is -0.494 e. The summed E-state index contributed by atoms with van der Waals surface area (Å²) in [6, 6.07) is 7.13. The van der Waals surface area contributed by atoms with Crippen molar-refractivity contribution in [2.45, 2.75) is 24.8 Å². The molecule has 1 atom stereocenters. The molecule has 3 nitrogen and oxygen atoms in total. The number of nitrogens with one attached hydrogen (secondary N) is 1. The minimum absolute atomic E-state index is 0.163. The van der Waals surface area contributed by atoms with E-state index in [2.05, 4.69) is 11.2 Å². The summed E-state index contributed by atoms with van der Waals surface area (Å²) in [5.41, 5.74) is 0. The second kappa shape index (κ2) is 6.87. The van der Waals surface area contributed by atoms with Crippen LogP contribution in [0.2, 0.25) is 0 Å². The Morgan fingerprint density at radius 1 is 1.65 bits per heavy atom. The van der Waals surface area contributed by atoms with Crippen LogP contribution in [-0.2, 0) is 0 Å². The Morgan fingerprint density at radius 3 is 3.06 bits per heavy atom. The van der Waals surface area contributed by atoms with Gasteiger partial charge in [-0.2, -0.15) is 0 Å². The first-order valence-electron chi connectivity index (χ1n) is 5.33. The maximum Gasteiger partial charge on any atom is 0.284 e. The number of hydrogen-bond donors (Lipinski definition) is 1. The Kier molecular flexibility index (Phi) is 5.44. The van der Waals surface area contributed by atoms with Crippen LogP contribution < -0.4 is 10.1 Å². The summed E-state index contributed by atoms with van der Waals surface area (Å²) in [6.07, 6.45) is 5.18. The van der Waals surface area contributed by atoms with E-state index in [4.69, 9.17) is 11.2 Å². The Balaban J connectivity index is 2.59. The molecule has 0 saturated carbocycles. The van der Waals surface area contributed by atoms with Crippen molar-refractivity contribution in [2.24, 2.45) is 0 Å². The fourth-order valence-electron chi connectivity index (χ4n) is 1.15. The van der Waals surface area contributed by atoms with Crippen molar-refractivity contribution in [3.8, 4) is 18.1 Å². The third-order valence-electron chi connectivity index (χ3n) is 1.91. The molecule has 0 saturated heterocycles. The Hall–Kier alpha value is -1.60. The van der Waals surface area contributed by atoms with E-state index < -0.39 is 0 Å². The lowest BCUT2D eigenvalue weighted by Gasteiger charge is -2.08. The zero-order valence-electron chi connectivity index (χ0n) is 9.90. The van der Waals surface area contributed by atoms with Gasteiger partial charge in [0, 0.05) is 4.90 Å². The molecule has 1 rings (SSSR count). The van der Waals surface area contributed by atoms with Crippen LogP contribution in [0.1, 0.15) is 13.8 Å². The van der Waals surface area contributed by atoms with Gasteiger partial charge in [0.25, 0.3) is 5.24 Å². The van der Waals surface area contributed by atoms with Gasteiger partial charge in [-0.3, -0.25) is 4.79 Å². The number of benzene rings is 1. The summed E-state index contributed by atoms with van der Waals surface area (Å²) in [4.78, 5) is 12.4. The predicted octanol–water partition coefficient (Wildman–Crippen LogP) is 2.91. The molecule has 0 fully saturated rings. The van der Waals surface area contributed by atoms with Gasteiger partial charge in [-0.15, -0.1) is 6.42 Å². The van der Waals surface area contributed by atoms with Crippen molar-refractivity contribution in [2.75, 3.05) is 6.61 Å². The number of rotatable bonds is 4. The first kappa shape index (κ1) is 13.5. The molecular weight excluding hydrogens is 234 g/mol. The highest BCUT2D eigenvalue weighted by atomic mass is 32.2. The number of amides is 1. The molecule has 0 radical (unpaired) electrons. The van der Waals surface area contributed by atoms with Gasteiger partial charge < -0.3 is 10.1 Å². The van der Waals surface area contributed by atoms with E-state index in [9.17, 15) is 4.79 Å². The standard InChI is InChI=1S/C13H15NO2S/c1-4-10(3)14-13(15)17-12-8-6-7-11(9-12)16-5-2/h1,6-10H,5H2,2-3H3,(H,14,15). The van der Waals surface area contributed by atoms with E-state index >= 15 is 0 Å².